The Morgan fingerprint density at radius 1 is 1.60 bits per heavy atom. The van der Waals surface area contributed by atoms with Gasteiger partial charge in [0.1, 0.15) is 22.5 Å². The molecule has 0 aliphatic carbocycles. The average molecular weight is 269 g/mol. The summed E-state index contributed by atoms with van der Waals surface area (Å²) in [6.07, 6.45) is 2.94. The van der Waals surface area contributed by atoms with E-state index < -0.39 is 0 Å². The SMILES string of the molecule is COc1ccc2c(Br)nc(CC=O)n2c1. The van der Waals surface area contributed by atoms with E-state index >= 15 is 0 Å². The van der Waals surface area contributed by atoms with E-state index in [-0.39, 0.29) is 0 Å². The maximum absolute atomic E-state index is 10.5. The van der Waals surface area contributed by atoms with Crippen molar-refractivity contribution in [2.24, 2.45) is 0 Å². The summed E-state index contributed by atoms with van der Waals surface area (Å²) in [5.74, 6) is 1.44. The molecule has 0 aliphatic heterocycles. The predicted octanol–water partition coefficient (Wildman–Crippen LogP) is 1.85. The van der Waals surface area contributed by atoms with Crippen molar-refractivity contribution in [3.05, 3.63) is 28.8 Å². The first-order valence-corrected chi connectivity index (χ1v) is 5.19. The number of imidazole rings is 1. The monoisotopic (exact) mass is 268 g/mol. The molecule has 5 heteroatoms. The Labute approximate surface area is 95.0 Å². The molecule has 0 amide bonds. The normalized spacial score (nSPS) is 10.5. The van der Waals surface area contributed by atoms with Crippen LogP contribution in [-0.2, 0) is 11.2 Å². The fraction of sp³-hybridized carbons (Fsp3) is 0.200. The second-order valence-electron chi connectivity index (χ2n) is 3.01. The fourth-order valence-electron chi connectivity index (χ4n) is 1.43. The molecular formula is C10H9BrN2O2. The van der Waals surface area contributed by atoms with Crippen molar-refractivity contribution in [3.63, 3.8) is 0 Å². The van der Waals surface area contributed by atoms with E-state index in [1.54, 1.807) is 7.11 Å². The first kappa shape index (κ1) is 10.2. The third-order valence-electron chi connectivity index (χ3n) is 2.14. The second-order valence-corrected chi connectivity index (χ2v) is 3.76. The number of carbonyl (C=O) groups is 1. The van der Waals surface area contributed by atoms with Crippen LogP contribution in [0.4, 0.5) is 0 Å². The highest BCUT2D eigenvalue weighted by Gasteiger charge is 2.08. The first-order chi connectivity index (χ1) is 7.26. The summed E-state index contributed by atoms with van der Waals surface area (Å²) in [6.45, 7) is 0. The summed E-state index contributed by atoms with van der Waals surface area (Å²) >= 11 is 3.35. The van der Waals surface area contributed by atoms with Crippen LogP contribution >= 0.6 is 15.9 Å². The molecule has 0 N–H and O–H groups in total. The first-order valence-electron chi connectivity index (χ1n) is 4.40. The molecule has 4 nitrogen and oxygen atoms in total. The number of carbonyl (C=O) groups excluding carboxylic acids is 1. The van der Waals surface area contributed by atoms with Gasteiger partial charge >= 0.3 is 0 Å². The van der Waals surface area contributed by atoms with Gasteiger partial charge in [0.25, 0.3) is 0 Å². The van der Waals surface area contributed by atoms with Gasteiger partial charge in [-0.25, -0.2) is 4.98 Å². The van der Waals surface area contributed by atoms with E-state index in [1.165, 1.54) is 0 Å². The minimum absolute atomic E-state index is 0.292. The number of rotatable bonds is 3. The number of ether oxygens (including phenoxy) is 1. The van der Waals surface area contributed by atoms with E-state index in [1.807, 2.05) is 22.7 Å². The topological polar surface area (TPSA) is 43.6 Å². The van der Waals surface area contributed by atoms with Crippen molar-refractivity contribution in [1.29, 1.82) is 0 Å². The van der Waals surface area contributed by atoms with Crippen LogP contribution in [-0.4, -0.2) is 22.8 Å². The van der Waals surface area contributed by atoms with E-state index in [9.17, 15) is 4.79 Å². The molecule has 2 rings (SSSR count). The van der Waals surface area contributed by atoms with Crippen LogP contribution in [0.3, 0.4) is 0 Å². The molecule has 0 saturated heterocycles. The summed E-state index contributed by atoms with van der Waals surface area (Å²) in [5, 5.41) is 0. The van der Waals surface area contributed by atoms with Gasteiger partial charge in [-0.15, -0.1) is 0 Å². The zero-order chi connectivity index (χ0) is 10.8. The van der Waals surface area contributed by atoms with E-state index in [4.69, 9.17) is 4.74 Å². The Morgan fingerprint density at radius 3 is 3.07 bits per heavy atom. The molecule has 0 spiro atoms. The van der Waals surface area contributed by atoms with Crippen LogP contribution in [0.25, 0.3) is 5.52 Å². The largest absolute Gasteiger partial charge is 0.495 e. The van der Waals surface area contributed by atoms with Crippen LogP contribution in [0, 0.1) is 0 Å². The Bertz CT molecular complexity index is 507. The van der Waals surface area contributed by atoms with Crippen LogP contribution in [0.5, 0.6) is 5.75 Å². The zero-order valence-electron chi connectivity index (χ0n) is 8.11. The number of aldehydes is 1. The molecule has 0 aliphatic rings. The number of pyridine rings is 1. The number of hydrogen-bond donors (Lipinski definition) is 0. The summed E-state index contributed by atoms with van der Waals surface area (Å²) in [7, 11) is 1.60. The third-order valence-corrected chi connectivity index (χ3v) is 2.72. The van der Waals surface area contributed by atoms with Crippen LogP contribution in [0.2, 0.25) is 0 Å². The van der Waals surface area contributed by atoms with E-state index in [0.29, 0.717) is 12.2 Å². The molecule has 2 aromatic heterocycles. The molecule has 0 saturated carbocycles. The molecule has 0 fully saturated rings. The minimum Gasteiger partial charge on any atom is -0.495 e. The minimum atomic E-state index is 0.292. The lowest BCUT2D eigenvalue weighted by Crippen LogP contribution is -1.96. The van der Waals surface area contributed by atoms with Crippen LogP contribution < -0.4 is 4.74 Å². The van der Waals surface area contributed by atoms with Gasteiger partial charge in [0, 0.05) is 0 Å². The van der Waals surface area contributed by atoms with Gasteiger partial charge in [-0.3, -0.25) is 4.40 Å². The van der Waals surface area contributed by atoms with Crippen molar-refractivity contribution in [2.45, 2.75) is 6.42 Å². The van der Waals surface area contributed by atoms with Crippen molar-refractivity contribution in [2.75, 3.05) is 7.11 Å². The molecular weight excluding hydrogens is 260 g/mol. The lowest BCUT2D eigenvalue weighted by atomic mass is 10.4. The second kappa shape index (κ2) is 4.02. The van der Waals surface area contributed by atoms with Crippen molar-refractivity contribution in [1.82, 2.24) is 9.38 Å². The van der Waals surface area contributed by atoms with E-state index in [0.717, 1.165) is 22.2 Å². The number of methoxy groups -OCH3 is 1. The number of nitrogens with zero attached hydrogens (tertiary/aromatic N) is 2. The van der Waals surface area contributed by atoms with Gasteiger partial charge in [0.15, 0.2) is 0 Å². The van der Waals surface area contributed by atoms with Crippen LogP contribution in [0.1, 0.15) is 5.82 Å². The summed E-state index contributed by atoms with van der Waals surface area (Å²) in [6, 6.07) is 3.75. The molecule has 0 aromatic carbocycles. The molecule has 0 atom stereocenters. The zero-order valence-corrected chi connectivity index (χ0v) is 9.69. The number of fused-ring (bicyclic) bond motifs is 1. The molecule has 2 heterocycles. The summed E-state index contributed by atoms with van der Waals surface area (Å²) < 4.78 is 7.69. The quantitative estimate of drug-likeness (QED) is 0.798. The summed E-state index contributed by atoms with van der Waals surface area (Å²) in [5.41, 5.74) is 0.924. The fourth-order valence-corrected chi connectivity index (χ4v) is 1.95. The average Bonchev–Trinajstić information content (AvgIpc) is 2.56. The van der Waals surface area contributed by atoms with Gasteiger partial charge in [-0.2, -0.15) is 0 Å². The predicted molar refractivity (Wildman–Crippen MR) is 59.2 cm³/mol. The maximum atomic E-state index is 10.5. The highest BCUT2D eigenvalue weighted by Crippen LogP contribution is 2.22. The Kier molecular flexibility index (Phi) is 2.73. The Balaban J connectivity index is 2.65. The van der Waals surface area contributed by atoms with Crippen molar-refractivity contribution in [3.8, 4) is 5.75 Å². The number of hydrogen-bond acceptors (Lipinski definition) is 3. The molecule has 0 radical (unpaired) electrons. The third kappa shape index (κ3) is 1.74. The smallest absolute Gasteiger partial charge is 0.135 e. The van der Waals surface area contributed by atoms with Gasteiger partial charge in [0.2, 0.25) is 0 Å². The van der Waals surface area contributed by atoms with Crippen LogP contribution in [0.15, 0.2) is 22.9 Å². The molecule has 78 valence electrons. The highest BCUT2D eigenvalue weighted by atomic mass is 79.9. The lowest BCUT2D eigenvalue weighted by Gasteiger charge is -2.02. The molecule has 0 bridgehead atoms. The van der Waals surface area contributed by atoms with Gasteiger partial charge < -0.3 is 9.53 Å². The van der Waals surface area contributed by atoms with Gasteiger partial charge in [-0.1, -0.05) is 0 Å². The highest BCUT2D eigenvalue weighted by molar-refractivity contribution is 9.10. The number of halogens is 1. The van der Waals surface area contributed by atoms with Gasteiger partial charge in [0.05, 0.1) is 25.2 Å². The van der Waals surface area contributed by atoms with E-state index in [2.05, 4.69) is 20.9 Å². The lowest BCUT2D eigenvalue weighted by molar-refractivity contribution is -0.107. The molecule has 15 heavy (non-hydrogen) atoms. The summed E-state index contributed by atoms with van der Waals surface area (Å²) in [4.78, 5) is 14.7. The Hall–Kier alpha value is -1.36. The van der Waals surface area contributed by atoms with Crippen molar-refractivity contribution >= 4 is 27.7 Å². The van der Waals surface area contributed by atoms with Gasteiger partial charge in [-0.05, 0) is 28.1 Å². The Morgan fingerprint density at radius 2 is 2.40 bits per heavy atom. The molecule has 2 aromatic rings. The standard InChI is InChI=1S/C10H9BrN2O2/c1-15-7-2-3-8-10(11)12-9(4-5-14)13(8)6-7/h2-3,5-6H,4H2,1H3. The number of aromatic nitrogens is 2. The van der Waals surface area contributed by atoms with Crippen molar-refractivity contribution < 1.29 is 9.53 Å². The molecule has 0 unspecified atom stereocenters. The maximum Gasteiger partial charge on any atom is 0.135 e.